The molecule has 2 amide bonds. The maximum atomic E-state index is 13.4. The summed E-state index contributed by atoms with van der Waals surface area (Å²) in [5, 5.41) is 6.97. The molecule has 0 spiro atoms. The zero-order chi connectivity index (χ0) is 21.6. The van der Waals surface area contributed by atoms with Gasteiger partial charge in [-0.1, -0.05) is 49.9 Å². The fourth-order valence-corrected chi connectivity index (χ4v) is 7.59. The third-order valence-corrected chi connectivity index (χ3v) is 9.67. The highest BCUT2D eigenvalue weighted by atomic mass is 32.2. The molecular formula is C22H37N5O2S2. The van der Waals surface area contributed by atoms with Crippen LogP contribution in [0.5, 0.6) is 0 Å². The van der Waals surface area contributed by atoms with Gasteiger partial charge in [0.1, 0.15) is 15.2 Å². The van der Waals surface area contributed by atoms with E-state index in [-0.39, 0.29) is 12.1 Å². The smallest absolute Gasteiger partial charge is 0.319 e. The first-order valence-corrected chi connectivity index (χ1v) is 14.0. The minimum atomic E-state index is -1.29. The number of hydrogen-bond donors (Lipinski definition) is 3. The fraction of sp³-hybridized carbons (Fsp3) is 0.818. The quantitative estimate of drug-likeness (QED) is 0.582. The third kappa shape index (κ3) is 6.06. The van der Waals surface area contributed by atoms with Gasteiger partial charge in [0.15, 0.2) is 5.13 Å². The van der Waals surface area contributed by atoms with Crippen LogP contribution in [0.1, 0.15) is 82.7 Å². The van der Waals surface area contributed by atoms with Gasteiger partial charge in [-0.2, -0.15) is 0 Å². The molecule has 7 nitrogen and oxygen atoms in total. The molecule has 1 aromatic heterocycles. The summed E-state index contributed by atoms with van der Waals surface area (Å²) in [4.78, 5) is 20.1. The number of anilines is 1. The Morgan fingerprint density at radius 3 is 2.16 bits per heavy atom. The van der Waals surface area contributed by atoms with E-state index in [9.17, 15) is 9.00 Å². The van der Waals surface area contributed by atoms with Crippen molar-refractivity contribution in [3.63, 3.8) is 0 Å². The Kier molecular flexibility index (Phi) is 8.37. The summed E-state index contributed by atoms with van der Waals surface area (Å²) in [6, 6.07) is 0.923. The lowest BCUT2D eigenvalue weighted by Gasteiger charge is -2.41. The second-order valence-corrected chi connectivity index (χ2v) is 11.7. The lowest BCUT2D eigenvalue weighted by molar-refractivity contribution is 0.114. The van der Waals surface area contributed by atoms with Crippen molar-refractivity contribution in [2.75, 3.05) is 18.4 Å². The number of carbonyl (C=O) groups excluding carboxylic acids is 1. The highest BCUT2D eigenvalue weighted by Crippen LogP contribution is 2.32. The Morgan fingerprint density at radius 1 is 1.00 bits per heavy atom. The van der Waals surface area contributed by atoms with Crippen molar-refractivity contribution in [1.82, 2.24) is 19.9 Å². The molecule has 1 atom stereocenters. The van der Waals surface area contributed by atoms with Crippen molar-refractivity contribution in [1.29, 1.82) is 0 Å². The van der Waals surface area contributed by atoms with Gasteiger partial charge in [-0.25, -0.2) is 18.7 Å². The molecule has 1 aromatic rings. The van der Waals surface area contributed by atoms with Gasteiger partial charge in [0, 0.05) is 18.1 Å². The van der Waals surface area contributed by atoms with E-state index in [0.29, 0.717) is 17.2 Å². The number of nitrogens with one attached hydrogen (secondary N) is 3. The number of amides is 2. The van der Waals surface area contributed by atoms with Crippen LogP contribution in [0.15, 0.2) is 4.21 Å². The molecule has 3 fully saturated rings. The number of aromatic nitrogens is 1. The number of hydrogen-bond acceptors (Lipinski definition) is 5. The van der Waals surface area contributed by atoms with Crippen LogP contribution in [0.4, 0.5) is 9.93 Å². The maximum absolute atomic E-state index is 13.4. The summed E-state index contributed by atoms with van der Waals surface area (Å²) in [6.45, 7) is 3.79. The summed E-state index contributed by atoms with van der Waals surface area (Å²) in [5.74, 6) is 0. The molecule has 4 rings (SSSR count). The second-order valence-electron chi connectivity index (χ2n) is 9.22. The van der Waals surface area contributed by atoms with Crippen LogP contribution in [0.25, 0.3) is 0 Å². The Labute approximate surface area is 192 Å². The van der Waals surface area contributed by atoms with E-state index < -0.39 is 11.0 Å². The standard InChI is InChI=1S/C22H37N5O2S2/c1-16-20(31(29)26-17-12-14-23-15-13-17)30-21(24-16)25-22(28)27(18-8-4-2-5-9-18)19-10-6-3-7-11-19/h17-19,23,26H,2-15H2,1H3,(H,24,25,28). The number of piperidine rings is 1. The van der Waals surface area contributed by atoms with Crippen molar-refractivity contribution in [3.05, 3.63) is 5.69 Å². The minimum absolute atomic E-state index is 0.0174. The molecule has 0 aromatic carbocycles. The van der Waals surface area contributed by atoms with Crippen LogP contribution >= 0.6 is 11.3 Å². The highest BCUT2D eigenvalue weighted by Gasteiger charge is 2.33. The summed E-state index contributed by atoms with van der Waals surface area (Å²) >= 11 is 1.35. The van der Waals surface area contributed by atoms with Crippen LogP contribution in [-0.2, 0) is 11.0 Å². The van der Waals surface area contributed by atoms with E-state index in [2.05, 4.69) is 25.2 Å². The largest absolute Gasteiger partial charge is 0.324 e. The van der Waals surface area contributed by atoms with E-state index >= 15 is 0 Å². The predicted molar refractivity (Wildman–Crippen MR) is 127 cm³/mol. The van der Waals surface area contributed by atoms with Gasteiger partial charge in [0.05, 0.1) is 5.69 Å². The zero-order valence-electron chi connectivity index (χ0n) is 18.7. The maximum Gasteiger partial charge on any atom is 0.324 e. The lowest BCUT2D eigenvalue weighted by atomic mass is 9.89. The first-order chi connectivity index (χ1) is 15.1. The molecule has 2 heterocycles. The number of carbonyl (C=O) groups is 1. The van der Waals surface area contributed by atoms with Gasteiger partial charge < -0.3 is 10.2 Å². The van der Waals surface area contributed by atoms with Gasteiger partial charge in [0.25, 0.3) is 0 Å². The molecule has 2 aliphatic carbocycles. The van der Waals surface area contributed by atoms with Crippen LogP contribution in [-0.4, -0.2) is 51.3 Å². The number of thiazole rings is 1. The fourth-order valence-electron chi connectivity index (χ4n) is 5.26. The Balaban J connectivity index is 1.43. The average Bonchev–Trinajstić information content (AvgIpc) is 3.16. The van der Waals surface area contributed by atoms with E-state index in [1.54, 1.807) is 0 Å². The van der Waals surface area contributed by atoms with E-state index in [1.807, 2.05) is 6.92 Å². The Bertz CT molecular complexity index is 735. The average molecular weight is 468 g/mol. The van der Waals surface area contributed by atoms with Crippen LogP contribution in [0.2, 0.25) is 0 Å². The molecule has 2 saturated carbocycles. The summed E-state index contributed by atoms with van der Waals surface area (Å²) in [7, 11) is -1.29. The third-order valence-electron chi connectivity index (χ3n) is 6.92. The first-order valence-electron chi connectivity index (χ1n) is 12.1. The predicted octanol–water partition coefficient (Wildman–Crippen LogP) is 4.32. The van der Waals surface area contributed by atoms with Crippen molar-refractivity contribution in [3.8, 4) is 0 Å². The number of rotatable bonds is 6. The number of aryl methyl sites for hydroxylation is 1. The molecule has 0 radical (unpaired) electrons. The number of urea groups is 1. The van der Waals surface area contributed by atoms with Gasteiger partial charge in [-0.15, -0.1) is 0 Å². The minimum Gasteiger partial charge on any atom is -0.319 e. The molecular weight excluding hydrogens is 430 g/mol. The molecule has 1 saturated heterocycles. The molecule has 1 aliphatic heterocycles. The SMILES string of the molecule is Cc1nc(NC(=O)N(C2CCCCC2)C2CCCCC2)sc1S(=O)NC1CCNCC1. The van der Waals surface area contributed by atoms with Crippen LogP contribution < -0.4 is 15.4 Å². The molecule has 3 N–H and O–H groups in total. The van der Waals surface area contributed by atoms with Gasteiger partial charge >= 0.3 is 6.03 Å². The Hall–Kier alpha value is -1.03. The summed E-state index contributed by atoms with van der Waals surface area (Å²) in [5.41, 5.74) is 0.738. The highest BCUT2D eigenvalue weighted by molar-refractivity contribution is 7.85. The van der Waals surface area contributed by atoms with Crippen molar-refractivity contribution >= 4 is 33.5 Å². The first kappa shape index (κ1) is 23.1. The molecule has 9 heteroatoms. The molecule has 174 valence electrons. The molecule has 1 unspecified atom stereocenters. The number of nitrogens with zero attached hydrogens (tertiary/aromatic N) is 2. The summed E-state index contributed by atoms with van der Waals surface area (Å²) in [6.07, 6.45) is 13.8. The molecule has 0 bridgehead atoms. The van der Waals surface area contributed by atoms with E-state index in [0.717, 1.165) is 61.5 Å². The Morgan fingerprint density at radius 2 is 1.58 bits per heavy atom. The van der Waals surface area contributed by atoms with Crippen molar-refractivity contribution in [2.45, 2.75) is 106 Å². The monoisotopic (exact) mass is 467 g/mol. The molecule has 3 aliphatic rings. The zero-order valence-corrected chi connectivity index (χ0v) is 20.3. The molecule has 31 heavy (non-hydrogen) atoms. The van der Waals surface area contributed by atoms with Crippen LogP contribution in [0.3, 0.4) is 0 Å². The topological polar surface area (TPSA) is 86.4 Å². The summed E-state index contributed by atoms with van der Waals surface area (Å²) < 4.78 is 16.9. The lowest BCUT2D eigenvalue weighted by Crippen LogP contribution is -2.50. The van der Waals surface area contributed by atoms with Crippen molar-refractivity contribution in [2.24, 2.45) is 0 Å². The second kappa shape index (κ2) is 11.2. The van der Waals surface area contributed by atoms with Crippen LogP contribution in [0, 0.1) is 6.92 Å². The van der Waals surface area contributed by atoms with E-state index in [1.165, 1.54) is 49.9 Å². The van der Waals surface area contributed by atoms with Gasteiger partial charge in [-0.05, 0) is 58.5 Å². The van der Waals surface area contributed by atoms with Gasteiger partial charge in [0.2, 0.25) is 0 Å². The van der Waals surface area contributed by atoms with Gasteiger partial charge in [-0.3, -0.25) is 5.32 Å². The normalized spacial score (nSPS) is 22.9. The van der Waals surface area contributed by atoms with E-state index in [4.69, 9.17) is 0 Å². The van der Waals surface area contributed by atoms with Crippen molar-refractivity contribution < 1.29 is 9.00 Å².